The Morgan fingerprint density at radius 2 is 2.35 bits per heavy atom. The first kappa shape index (κ1) is 14.8. The normalized spacial score (nSPS) is 19.8. The predicted octanol–water partition coefficient (Wildman–Crippen LogP) is 1.67. The number of hydrogen-bond acceptors (Lipinski definition) is 5. The van der Waals surface area contributed by atoms with Gasteiger partial charge in [-0.3, -0.25) is 4.90 Å². The fraction of sp³-hybridized carbons (Fsp3) is 0.533. The number of nitrogens with two attached hydrogens (primary N) is 1. The molecule has 1 aromatic carbocycles. The largest absolute Gasteiger partial charge is 0.465 e. The number of anilines is 1. The molecule has 20 heavy (non-hydrogen) atoms. The van der Waals surface area contributed by atoms with Crippen LogP contribution in [0.3, 0.4) is 0 Å². The predicted molar refractivity (Wildman–Crippen MR) is 77.5 cm³/mol. The summed E-state index contributed by atoms with van der Waals surface area (Å²) in [5.74, 6) is -0.391. The number of methoxy groups -OCH3 is 1. The second-order valence-corrected chi connectivity index (χ2v) is 5.05. The summed E-state index contributed by atoms with van der Waals surface area (Å²) in [6, 6.07) is 5.54. The molecule has 0 bridgehead atoms. The van der Waals surface area contributed by atoms with Crippen molar-refractivity contribution in [2.24, 2.45) is 0 Å². The molecule has 0 amide bonds. The van der Waals surface area contributed by atoms with Gasteiger partial charge in [-0.05, 0) is 24.1 Å². The van der Waals surface area contributed by atoms with Crippen LogP contribution in [-0.2, 0) is 16.0 Å². The van der Waals surface area contributed by atoms with Gasteiger partial charge in [0.15, 0.2) is 0 Å². The van der Waals surface area contributed by atoms with Crippen molar-refractivity contribution >= 4 is 11.7 Å². The number of benzene rings is 1. The molecule has 1 aromatic rings. The maximum absolute atomic E-state index is 11.6. The molecule has 1 heterocycles. The third-order valence-electron chi connectivity index (χ3n) is 3.61. The number of rotatable bonds is 4. The zero-order valence-corrected chi connectivity index (χ0v) is 12.1. The summed E-state index contributed by atoms with van der Waals surface area (Å²) in [6.07, 6.45) is 1.32. The molecule has 1 aliphatic heterocycles. The van der Waals surface area contributed by atoms with Crippen molar-refractivity contribution < 1.29 is 14.3 Å². The fourth-order valence-corrected chi connectivity index (χ4v) is 2.42. The first-order valence-electron chi connectivity index (χ1n) is 6.94. The van der Waals surface area contributed by atoms with Crippen molar-refractivity contribution in [3.05, 3.63) is 29.3 Å². The van der Waals surface area contributed by atoms with E-state index < -0.39 is 5.97 Å². The van der Waals surface area contributed by atoms with Crippen molar-refractivity contribution in [3.8, 4) is 0 Å². The van der Waals surface area contributed by atoms with Crippen LogP contribution in [0.25, 0.3) is 0 Å². The van der Waals surface area contributed by atoms with Crippen LogP contribution in [0.4, 0.5) is 5.69 Å². The second-order valence-electron chi connectivity index (χ2n) is 5.05. The summed E-state index contributed by atoms with van der Waals surface area (Å²) < 4.78 is 10.4. The molecule has 110 valence electrons. The van der Waals surface area contributed by atoms with Gasteiger partial charge in [0.1, 0.15) is 0 Å². The topological polar surface area (TPSA) is 64.8 Å². The average molecular weight is 278 g/mol. The molecule has 2 rings (SSSR count). The maximum Gasteiger partial charge on any atom is 0.339 e. The molecule has 0 unspecified atom stereocenters. The van der Waals surface area contributed by atoms with E-state index in [1.807, 2.05) is 12.1 Å². The molecule has 2 N–H and O–H groups in total. The van der Waals surface area contributed by atoms with E-state index in [-0.39, 0.29) is 0 Å². The molecular weight excluding hydrogens is 256 g/mol. The van der Waals surface area contributed by atoms with Crippen LogP contribution in [0, 0.1) is 0 Å². The maximum atomic E-state index is 11.6. The third kappa shape index (κ3) is 3.49. The lowest BCUT2D eigenvalue weighted by molar-refractivity contribution is -0.0324. The van der Waals surface area contributed by atoms with Gasteiger partial charge in [-0.1, -0.05) is 13.0 Å². The Kier molecular flexibility index (Phi) is 4.98. The van der Waals surface area contributed by atoms with Crippen LogP contribution in [0.15, 0.2) is 18.2 Å². The van der Waals surface area contributed by atoms with Gasteiger partial charge in [-0.2, -0.15) is 0 Å². The summed E-state index contributed by atoms with van der Waals surface area (Å²) in [6.45, 7) is 5.52. The van der Waals surface area contributed by atoms with Crippen LogP contribution in [0.2, 0.25) is 0 Å². The first-order valence-corrected chi connectivity index (χ1v) is 6.94. The van der Waals surface area contributed by atoms with Crippen LogP contribution < -0.4 is 5.73 Å². The SMILES string of the molecule is CC[C@@H]1CN(Cc2ccc(N)c(C(=O)OC)c2)CCO1. The first-order chi connectivity index (χ1) is 9.63. The van der Waals surface area contributed by atoms with Gasteiger partial charge in [-0.15, -0.1) is 0 Å². The molecule has 5 heteroatoms. The quantitative estimate of drug-likeness (QED) is 0.670. The lowest BCUT2D eigenvalue weighted by atomic mass is 10.1. The highest BCUT2D eigenvalue weighted by atomic mass is 16.5. The number of nitrogens with zero attached hydrogens (tertiary/aromatic N) is 1. The van der Waals surface area contributed by atoms with Gasteiger partial charge in [0.2, 0.25) is 0 Å². The zero-order valence-electron chi connectivity index (χ0n) is 12.1. The Labute approximate surface area is 119 Å². The lowest BCUT2D eigenvalue weighted by Crippen LogP contribution is -2.41. The average Bonchev–Trinajstić information content (AvgIpc) is 2.48. The summed E-state index contributed by atoms with van der Waals surface area (Å²) >= 11 is 0. The minimum atomic E-state index is -0.391. The molecular formula is C15H22N2O3. The van der Waals surface area contributed by atoms with E-state index in [2.05, 4.69) is 11.8 Å². The van der Waals surface area contributed by atoms with E-state index in [1.54, 1.807) is 6.07 Å². The van der Waals surface area contributed by atoms with E-state index in [4.69, 9.17) is 15.2 Å². The van der Waals surface area contributed by atoms with Crippen molar-refractivity contribution in [3.63, 3.8) is 0 Å². The second kappa shape index (κ2) is 6.72. The number of hydrogen-bond donors (Lipinski definition) is 1. The summed E-state index contributed by atoms with van der Waals surface area (Å²) in [7, 11) is 1.36. The summed E-state index contributed by atoms with van der Waals surface area (Å²) in [4.78, 5) is 14.0. The van der Waals surface area contributed by atoms with Gasteiger partial charge < -0.3 is 15.2 Å². The highest BCUT2D eigenvalue weighted by Crippen LogP contribution is 2.18. The Morgan fingerprint density at radius 3 is 3.05 bits per heavy atom. The number of carbonyl (C=O) groups is 1. The monoisotopic (exact) mass is 278 g/mol. The molecule has 5 nitrogen and oxygen atoms in total. The van der Waals surface area contributed by atoms with Gasteiger partial charge in [0.05, 0.1) is 25.4 Å². The van der Waals surface area contributed by atoms with Gasteiger partial charge in [0.25, 0.3) is 0 Å². The summed E-state index contributed by atoms with van der Waals surface area (Å²) in [5.41, 5.74) is 7.76. The highest BCUT2D eigenvalue weighted by molar-refractivity contribution is 5.95. The van der Waals surface area contributed by atoms with Crippen molar-refractivity contribution in [1.82, 2.24) is 4.90 Å². The highest BCUT2D eigenvalue weighted by Gasteiger charge is 2.19. The Hall–Kier alpha value is -1.59. The standard InChI is InChI=1S/C15H22N2O3/c1-3-12-10-17(6-7-20-12)9-11-4-5-14(16)13(8-11)15(18)19-2/h4-5,8,12H,3,6-7,9-10,16H2,1-2H3/t12-/m1/s1. The number of nitrogen functional groups attached to an aromatic ring is 1. The molecule has 1 saturated heterocycles. The van der Waals surface area contributed by atoms with E-state index >= 15 is 0 Å². The molecule has 0 saturated carbocycles. The smallest absolute Gasteiger partial charge is 0.339 e. The van der Waals surface area contributed by atoms with Crippen LogP contribution >= 0.6 is 0 Å². The zero-order chi connectivity index (χ0) is 14.5. The molecule has 1 atom stereocenters. The van der Waals surface area contributed by atoms with Crippen LogP contribution in [0.5, 0.6) is 0 Å². The lowest BCUT2D eigenvalue weighted by Gasteiger charge is -2.32. The van der Waals surface area contributed by atoms with Gasteiger partial charge >= 0.3 is 5.97 Å². The molecule has 0 aliphatic carbocycles. The Bertz CT molecular complexity index is 476. The van der Waals surface area contributed by atoms with E-state index in [1.165, 1.54) is 7.11 Å². The van der Waals surface area contributed by atoms with Gasteiger partial charge in [0, 0.05) is 25.3 Å². The minimum Gasteiger partial charge on any atom is -0.465 e. The van der Waals surface area contributed by atoms with Gasteiger partial charge in [-0.25, -0.2) is 4.79 Å². The van der Waals surface area contributed by atoms with Crippen molar-refractivity contribution in [1.29, 1.82) is 0 Å². The van der Waals surface area contributed by atoms with Crippen LogP contribution in [0.1, 0.15) is 29.3 Å². The Balaban J connectivity index is 2.07. The van der Waals surface area contributed by atoms with E-state index in [0.29, 0.717) is 17.4 Å². The number of carbonyl (C=O) groups excluding carboxylic acids is 1. The molecule has 1 fully saturated rings. The van der Waals surface area contributed by atoms with E-state index in [0.717, 1.165) is 38.2 Å². The molecule has 0 radical (unpaired) electrons. The third-order valence-corrected chi connectivity index (χ3v) is 3.61. The fourth-order valence-electron chi connectivity index (χ4n) is 2.42. The van der Waals surface area contributed by atoms with Crippen molar-refractivity contribution in [2.75, 3.05) is 32.5 Å². The summed E-state index contributed by atoms with van der Waals surface area (Å²) in [5, 5.41) is 0. The molecule has 0 aromatic heterocycles. The molecule has 1 aliphatic rings. The number of esters is 1. The molecule has 0 spiro atoms. The van der Waals surface area contributed by atoms with E-state index in [9.17, 15) is 4.79 Å². The minimum absolute atomic E-state index is 0.303. The number of ether oxygens (including phenoxy) is 2. The number of morpholine rings is 1. The Morgan fingerprint density at radius 1 is 1.55 bits per heavy atom. The van der Waals surface area contributed by atoms with Crippen molar-refractivity contribution in [2.45, 2.75) is 26.0 Å². The van der Waals surface area contributed by atoms with Crippen LogP contribution in [-0.4, -0.2) is 43.8 Å².